The molecule has 1 fully saturated rings. The lowest BCUT2D eigenvalue weighted by Gasteiger charge is -2.35. The number of hydrogen-bond donors (Lipinski definition) is 2. The summed E-state index contributed by atoms with van der Waals surface area (Å²) in [6.45, 7) is 2.12. The number of carbonyl (C=O) groups is 1. The van der Waals surface area contributed by atoms with Gasteiger partial charge < -0.3 is 5.32 Å². The Labute approximate surface area is 115 Å². The van der Waals surface area contributed by atoms with Gasteiger partial charge in [-0.2, -0.15) is 0 Å². The van der Waals surface area contributed by atoms with E-state index in [2.05, 4.69) is 24.9 Å². The van der Waals surface area contributed by atoms with E-state index in [-0.39, 0.29) is 11.3 Å². The number of thiol groups is 1. The zero-order chi connectivity index (χ0) is 13.0. The molecule has 18 heavy (non-hydrogen) atoms. The quantitative estimate of drug-likeness (QED) is 0.783. The van der Waals surface area contributed by atoms with Gasteiger partial charge >= 0.3 is 0 Å². The Hall–Kier alpha value is -0.960. The van der Waals surface area contributed by atoms with Gasteiger partial charge in [0.1, 0.15) is 0 Å². The first-order valence-corrected chi connectivity index (χ1v) is 7.22. The van der Waals surface area contributed by atoms with Crippen LogP contribution < -0.4 is 5.32 Å². The van der Waals surface area contributed by atoms with E-state index in [1.54, 1.807) is 0 Å². The highest BCUT2D eigenvalue weighted by atomic mass is 32.1. The van der Waals surface area contributed by atoms with Gasteiger partial charge in [0.15, 0.2) is 0 Å². The standard InChI is InChI=1S/C15H21NOS/c1-2-15(10-6-3-7-11-15)14(17)16-12-8-4-5-9-13(12)18/h4-5,8-9,18H,2-3,6-7,10-11H2,1H3,(H,16,17). The highest BCUT2D eigenvalue weighted by Gasteiger charge is 2.37. The van der Waals surface area contributed by atoms with Crippen molar-refractivity contribution in [3.63, 3.8) is 0 Å². The zero-order valence-corrected chi connectivity index (χ0v) is 11.8. The normalized spacial score (nSPS) is 18.3. The number of anilines is 1. The Bertz CT molecular complexity index is 424. The van der Waals surface area contributed by atoms with Crippen LogP contribution in [-0.4, -0.2) is 5.91 Å². The average Bonchev–Trinajstić information content (AvgIpc) is 2.42. The summed E-state index contributed by atoms with van der Waals surface area (Å²) < 4.78 is 0. The van der Waals surface area contributed by atoms with Crippen LogP contribution in [0.3, 0.4) is 0 Å². The molecule has 3 heteroatoms. The molecule has 0 atom stereocenters. The molecule has 0 spiro atoms. The van der Waals surface area contributed by atoms with E-state index in [0.29, 0.717) is 0 Å². The molecule has 98 valence electrons. The molecule has 1 aromatic carbocycles. The van der Waals surface area contributed by atoms with Gasteiger partial charge in [0.05, 0.1) is 5.69 Å². The van der Waals surface area contributed by atoms with E-state index < -0.39 is 0 Å². The summed E-state index contributed by atoms with van der Waals surface area (Å²) in [6.07, 6.45) is 6.56. The van der Waals surface area contributed by atoms with Crippen LogP contribution >= 0.6 is 12.6 Å². The second-order valence-electron chi connectivity index (χ2n) is 5.17. The lowest BCUT2D eigenvalue weighted by Crippen LogP contribution is -2.37. The molecule has 1 aliphatic carbocycles. The molecule has 0 bridgehead atoms. The highest BCUT2D eigenvalue weighted by molar-refractivity contribution is 7.80. The third-order valence-corrected chi connectivity index (χ3v) is 4.51. The number of rotatable bonds is 3. The Morgan fingerprint density at radius 2 is 1.94 bits per heavy atom. The lowest BCUT2D eigenvalue weighted by molar-refractivity contribution is -0.127. The SMILES string of the molecule is CCC1(C(=O)Nc2ccccc2S)CCCCC1. The minimum Gasteiger partial charge on any atom is -0.325 e. The summed E-state index contributed by atoms with van der Waals surface area (Å²) in [7, 11) is 0. The predicted molar refractivity (Wildman–Crippen MR) is 78.1 cm³/mol. The first kappa shape index (κ1) is 13.5. The fourth-order valence-electron chi connectivity index (χ4n) is 2.80. The number of para-hydroxylation sites is 1. The minimum atomic E-state index is -0.158. The Balaban J connectivity index is 2.13. The molecular formula is C15H21NOS. The molecule has 1 amide bonds. The Kier molecular flexibility index (Phi) is 4.33. The van der Waals surface area contributed by atoms with Gasteiger partial charge in [-0.3, -0.25) is 4.79 Å². The van der Waals surface area contributed by atoms with Crippen LogP contribution in [0.25, 0.3) is 0 Å². The first-order valence-electron chi connectivity index (χ1n) is 6.77. The molecular weight excluding hydrogens is 242 g/mol. The van der Waals surface area contributed by atoms with E-state index in [0.717, 1.165) is 29.8 Å². The van der Waals surface area contributed by atoms with Gasteiger partial charge in [-0.05, 0) is 31.4 Å². The maximum absolute atomic E-state index is 12.5. The van der Waals surface area contributed by atoms with Gasteiger partial charge in [0, 0.05) is 10.3 Å². The second kappa shape index (κ2) is 5.79. The van der Waals surface area contributed by atoms with Crippen LogP contribution in [0.2, 0.25) is 0 Å². The van der Waals surface area contributed by atoms with Crippen LogP contribution in [0.15, 0.2) is 29.2 Å². The van der Waals surface area contributed by atoms with E-state index >= 15 is 0 Å². The maximum atomic E-state index is 12.5. The van der Waals surface area contributed by atoms with E-state index in [1.165, 1.54) is 19.3 Å². The van der Waals surface area contributed by atoms with Crippen molar-refractivity contribution in [2.45, 2.75) is 50.3 Å². The predicted octanol–water partition coefficient (Wildman–Crippen LogP) is 4.27. The van der Waals surface area contributed by atoms with Crippen molar-refractivity contribution in [1.82, 2.24) is 0 Å². The van der Waals surface area contributed by atoms with E-state index in [1.807, 2.05) is 24.3 Å². The molecule has 2 rings (SSSR count). The second-order valence-corrected chi connectivity index (χ2v) is 5.65. The Morgan fingerprint density at radius 3 is 2.56 bits per heavy atom. The van der Waals surface area contributed by atoms with Crippen LogP contribution in [0.5, 0.6) is 0 Å². The summed E-state index contributed by atoms with van der Waals surface area (Å²) >= 11 is 4.38. The number of amides is 1. The van der Waals surface area contributed by atoms with Crippen molar-refractivity contribution in [3.05, 3.63) is 24.3 Å². The molecule has 1 saturated carbocycles. The Morgan fingerprint density at radius 1 is 1.28 bits per heavy atom. The van der Waals surface area contributed by atoms with Gasteiger partial charge in [0.25, 0.3) is 0 Å². The van der Waals surface area contributed by atoms with Gasteiger partial charge in [0.2, 0.25) is 5.91 Å². The minimum absolute atomic E-state index is 0.158. The largest absolute Gasteiger partial charge is 0.325 e. The van der Waals surface area contributed by atoms with Gasteiger partial charge in [-0.25, -0.2) is 0 Å². The monoisotopic (exact) mass is 263 g/mol. The molecule has 0 radical (unpaired) electrons. The summed E-state index contributed by atoms with van der Waals surface area (Å²) in [4.78, 5) is 13.4. The van der Waals surface area contributed by atoms with Gasteiger partial charge in [-0.15, -0.1) is 12.6 Å². The molecule has 1 aromatic rings. The van der Waals surface area contributed by atoms with Crippen molar-refractivity contribution in [1.29, 1.82) is 0 Å². The molecule has 2 nitrogen and oxygen atoms in total. The summed E-state index contributed by atoms with van der Waals surface area (Å²) in [5.74, 6) is 0.172. The number of nitrogens with one attached hydrogen (secondary N) is 1. The third kappa shape index (κ3) is 2.72. The van der Waals surface area contributed by atoms with Crippen LogP contribution in [-0.2, 0) is 4.79 Å². The summed E-state index contributed by atoms with van der Waals surface area (Å²) in [5.41, 5.74) is 0.665. The fourth-order valence-corrected chi connectivity index (χ4v) is 3.02. The molecule has 1 N–H and O–H groups in total. The zero-order valence-electron chi connectivity index (χ0n) is 10.9. The van der Waals surface area contributed by atoms with Gasteiger partial charge in [-0.1, -0.05) is 38.3 Å². The summed E-state index contributed by atoms with van der Waals surface area (Å²) in [5, 5.41) is 3.06. The highest BCUT2D eigenvalue weighted by Crippen LogP contribution is 2.40. The maximum Gasteiger partial charge on any atom is 0.230 e. The molecule has 1 aliphatic rings. The molecule has 0 aromatic heterocycles. The third-order valence-electron chi connectivity index (χ3n) is 4.12. The van der Waals surface area contributed by atoms with Crippen LogP contribution in [0.4, 0.5) is 5.69 Å². The summed E-state index contributed by atoms with van der Waals surface area (Å²) in [6, 6.07) is 7.66. The van der Waals surface area contributed by atoms with E-state index in [4.69, 9.17) is 0 Å². The number of carbonyl (C=O) groups excluding carboxylic acids is 1. The number of hydrogen-bond acceptors (Lipinski definition) is 2. The van der Waals surface area contributed by atoms with Crippen molar-refractivity contribution >= 4 is 24.2 Å². The molecule has 0 unspecified atom stereocenters. The van der Waals surface area contributed by atoms with Crippen molar-refractivity contribution in [3.8, 4) is 0 Å². The smallest absolute Gasteiger partial charge is 0.230 e. The van der Waals surface area contributed by atoms with E-state index in [9.17, 15) is 4.79 Å². The first-order chi connectivity index (χ1) is 8.68. The molecule has 0 aliphatic heterocycles. The van der Waals surface area contributed by atoms with Crippen LogP contribution in [0.1, 0.15) is 45.4 Å². The van der Waals surface area contributed by atoms with Crippen molar-refractivity contribution in [2.24, 2.45) is 5.41 Å². The number of benzene rings is 1. The molecule has 0 heterocycles. The topological polar surface area (TPSA) is 29.1 Å². The van der Waals surface area contributed by atoms with Crippen molar-refractivity contribution < 1.29 is 4.79 Å². The lowest BCUT2D eigenvalue weighted by atomic mass is 9.71. The molecule has 0 saturated heterocycles. The average molecular weight is 263 g/mol. The van der Waals surface area contributed by atoms with Crippen LogP contribution in [0, 0.1) is 5.41 Å². The van der Waals surface area contributed by atoms with Crippen molar-refractivity contribution in [2.75, 3.05) is 5.32 Å². The fraction of sp³-hybridized carbons (Fsp3) is 0.533.